The summed E-state index contributed by atoms with van der Waals surface area (Å²) in [4.78, 5) is 24.7. The standard InChI is InChI=1S/C27H32N4OS/c1-6-33-20-10-7-9-19(14-20)22-15-21(27(32)28-11-8-12-31(4)5)18(3)25-24(22)23-13-17(2)16-29-26(23)30-25/h7,9-10,13-16H,6,8,11-12H2,1-5H3,(H,28,32)(H,29,30). The number of aryl methyl sites for hydroxylation is 2. The molecular weight excluding hydrogens is 428 g/mol. The number of aromatic nitrogens is 2. The summed E-state index contributed by atoms with van der Waals surface area (Å²) in [6.07, 6.45) is 2.79. The number of fused-ring (bicyclic) bond motifs is 3. The SMILES string of the molecule is CCSc1cccc(-c2cc(C(=O)NCCCN(C)C)c(C)c3[nH]c4ncc(C)cc4c23)c1. The van der Waals surface area contributed by atoms with Gasteiger partial charge in [0.15, 0.2) is 0 Å². The van der Waals surface area contributed by atoms with E-state index >= 15 is 0 Å². The summed E-state index contributed by atoms with van der Waals surface area (Å²) in [5.41, 5.74) is 6.78. The number of hydrogen-bond donors (Lipinski definition) is 2. The molecule has 33 heavy (non-hydrogen) atoms. The van der Waals surface area contributed by atoms with Crippen LogP contribution in [0.15, 0.2) is 47.5 Å². The number of H-pyrrole nitrogens is 1. The average Bonchev–Trinajstić information content (AvgIpc) is 3.16. The van der Waals surface area contributed by atoms with Crippen LogP contribution in [-0.2, 0) is 0 Å². The first-order valence-corrected chi connectivity index (χ1v) is 12.5. The fraction of sp³-hybridized carbons (Fsp3) is 0.333. The van der Waals surface area contributed by atoms with E-state index in [0.717, 1.165) is 62.9 Å². The number of carbonyl (C=O) groups excluding carboxylic acids is 1. The molecule has 0 atom stereocenters. The average molecular weight is 461 g/mol. The van der Waals surface area contributed by atoms with Gasteiger partial charge in [0.1, 0.15) is 5.65 Å². The monoisotopic (exact) mass is 460 g/mol. The van der Waals surface area contributed by atoms with E-state index in [4.69, 9.17) is 0 Å². The molecule has 0 saturated carbocycles. The molecule has 0 aliphatic rings. The molecule has 2 aromatic heterocycles. The minimum absolute atomic E-state index is 0.0312. The predicted octanol–water partition coefficient (Wildman–Crippen LogP) is 5.79. The summed E-state index contributed by atoms with van der Waals surface area (Å²) in [6.45, 7) is 7.84. The lowest BCUT2D eigenvalue weighted by molar-refractivity contribution is 0.0952. The Hall–Kier alpha value is -2.83. The number of nitrogens with one attached hydrogen (secondary N) is 2. The van der Waals surface area contributed by atoms with Gasteiger partial charge in [-0.25, -0.2) is 4.98 Å². The number of pyridine rings is 1. The van der Waals surface area contributed by atoms with Gasteiger partial charge >= 0.3 is 0 Å². The maximum Gasteiger partial charge on any atom is 0.251 e. The number of thioether (sulfide) groups is 1. The first-order valence-electron chi connectivity index (χ1n) is 11.5. The third-order valence-corrected chi connectivity index (χ3v) is 6.77. The number of nitrogens with zero attached hydrogens (tertiary/aromatic N) is 2. The summed E-state index contributed by atoms with van der Waals surface area (Å²) in [6, 6.07) is 12.8. The van der Waals surface area contributed by atoms with Crippen molar-refractivity contribution in [1.82, 2.24) is 20.2 Å². The van der Waals surface area contributed by atoms with Gasteiger partial charge in [-0.1, -0.05) is 19.1 Å². The first kappa shape index (κ1) is 23.3. The van der Waals surface area contributed by atoms with Crippen LogP contribution < -0.4 is 5.32 Å². The van der Waals surface area contributed by atoms with Gasteiger partial charge in [0, 0.05) is 34.0 Å². The second kappa shape index (κ2) is 9.98. The van der Waals surface area contributed by atoms with Crippen molar-refractivity contribution in [1.29, 1.82) is 0 Å². The van der Waals surface area contributed by atoms with Gasteiger partial charge in [0.25, 0.3) is 5.91 Å². The highest BCUT2D eigenvalue weighted by Gasteiger charge is 2.20. The van der Waals surface area contributed by atoms with Gasteiger partial charge in [0.2, 0.25) is 0 Å². The van der Waals surface area contributed by atoms with Crippen LogP contribution in [-0.4, -0.2) is 53.7 Å². The van der Waals surface area contributed by atoms with Crippen molar-refractivity contribution in [2.24, 2.45) is 0 Å². The van der Waals surface area contributed by atoms with E-state index in [-0.39, 0.29) is 5.91 Å². The molecule has 0 spiro atoms. The lowest BCUT2D eigenvalue weighted by atomic mass is 9.93. The number of rotatable bonds is 8. The third kappa shape index (κ3) is 4.92. The highest BCUT2D eigenvalue weighted by molar-refractivity contribution is 7.99. The number of amides is 1. The van der Waals surface area contributed by atoms with Crippen LogP contribution in [0.4, 0.5) is 0 Å². The molecule has 0 fully saturated rings. The molecule has 1 amide bonds. The lowest BCUT2D eigenvalue weighted by Gasteiger charge is -2.14. The Kier molecular flexibility index (Phi) is 7.05. The second-order valence-electron chi connectivity index (χ2n) is 8.75. The van der Waals surface area contributed by atoms with E-state index in [2.05, 4.69) is 70.4 Å². The molecule has 4 aromatic rings. The Balaban J connectivity index is 1.87. The largest absolute Gasteiger partial charge is 0.352 e. The van der Waals surface area contributed by atoms with Crippen LogP contribution >= 0.6 is 11.8 Å². The van der Waals surface area contributed by atoms with Gasteiger partial charge in [-0.05, 0) is 93.2 Å². The van der Waals surface area contributed by atoms with Gasteiger partial charge in [0.05, 0.1) is 5.52 Å². The van der Waals surface area contributed by atoms with Gasteiger partial charge in [-0.3, -0.25) is 4.79 Å². The smallest absolute Gasteiger partial charge is 0.251 e. The minimum atomic E-state index is -0.0312. The molecule has 172 valence electrons. The Morgan fingerprint density at radius 1 is 1.18 bits per heavy atom. The summed E-state index contributed by atoms with van der Waals surface area (Å²) in [5, 5.41) is 5.33. The zero-order valence-electron chi connectivity index (χ0n) is 20.1. The molecule has 6 heteroatoms. The fourth-order valence-corrected chi connectivity index (χ4v) is 4.99. The molecule has 0 radical (unpaired) electrons. The first-order chi connectivity index (χ1) is 15.9. The Morgan fingerprint density at radius 3 is 2.76 bits per heavy atom. The molecule has 2 aromatic carbocycles. The van der Waals surface area contributed by atoms with Crippen molar-refractivity contribution in [3.05, 3.63) is 59.3 Å². The summed E-state index contributed by atoms with van der Waals surface area (Å²) in [5.74, 6) is 0.986. The van der Waals surface area contributed by atoms with Crippen molar-refractivity contribution in [3.63, 3.8) is 0 Å². The fourth-order valence-electron chi connectivity index (χ4n) is 4.27. The van der Waals surface area contributed by atoms with Crippen LogP contribution in [0.1, 0.15) is 34.8 Å². The number of benzene rings is 2. The predicted molar refractivity (Wildman–Crippen MR) is 140 cm³/mol. The van der Waals surface area contributed by atoms with Gasteiger partial charge in [-0.15, -0.1) is 11.8 Å². The topological polar surface area (TPSA) is 61.0 Å². The van der Waals surface area contributed by atoms with Crippen LogP contribution in [0.2, 0.25) is 0 Å². The highest BCUT2D eigenvalue weighted by atomic mass is 32.2. The van der Waals surface area contributed by atoms with E-state index in [1.807, 2.05) is 39.0 Å². The zero-order valence-corrected chi connectivity index (χ0v) is 20.9. The molecule has 2 N–H and O–H groups in total. The summed E-state index contributed by atoms with van der Waals surface area (Å²) >= 11 is 1.82. The van der Waals surface area contributed by atoms with E-state index < -0.39 is 0 Å². The van der Waals surface area contributed by atoms with E-state index in [1.54, 1.807) is 0 Å². The van der Waals surface area contributed by atoms with Crippen molar-refractivity contribution in [2.75, 3.05) is 32.9 Å². The van der Waals surface area contributed by atoms with E-state index in [0.29, 0.717) is 12.1 Å². The Morgan fingerprint density at radius 2 is 2.00 bits per heavy atom. The van der Waals surface area contributed by atoms with Crippen molar-refractivity contribution >= 4 is 39.6 Å². The molecule has 2 heterocycles. The zero-order chi connectivity index (χ0) is 23.5. The van der Waals surface area contributed by atoms with Crippen molar-refractivity contribution in [2.45, 2.75) is 32.1 Å². The molecule has 0 unspecified atom stereocenters. The normalized spacial score (nSPS) is 11.6. The highest BCUT2D eigenvalue weighted by Crippen LogP contribution is 2.38. The molecule has 0 aliphatic carbocycles. The third-order valence-electron chi connectivity index (χ3n) is 5.89. The number of hydrogen-bond acceptors (Lipinski definition) is 4. The molecule has 0 saturated heterocycles. The Labute approximate surface area is 200 Å². The molecular formula is C27H32N4OS. The van der Waals surface area contributed by atoms with Crippen molar-refractivity contribution < 1.29 is 4.79 Å². The van der Waals surface area contributed by atoms with Crippen molar-refractivity contribution in [3.8, 4) is 11.1 Å². The number of carbonyl (C=O) groups is 1. The van der Waals surface area contributed by atoms with Gasteiger partial charge in [-0.2, -0.15) is 0 Å². The van der Waals surface area contributed by atoms with Crippen LogP contribution in [0.3, 0.4) is 0 Å². The summed E-state index contributed by atoms with van der Waals surface area (Å²) < 4.78 is 0. The molecule has 0 aliphatic heterocycles. The van der Waals surface area contributed by atoms with Gasteiger partial charge < -0.3 is 15.2 Å². The second-order valence-corrected chi connectivity index (χ2v) is 10.1. The van der Waals surface area contributed by atoms with E-state index in [1.165, 1.54) is 4.90 Å². The molecule has 4 rings (SSSR count). The Bertz CT molecular complexity index is 1310. The number of aromatic amines is 1. The summed E-state index contributed by atoms with van der Waals surface area (Å²) in [7, 11) is 4.09. The molecule has 0 bridgehead atoms. The van der Waals surface area contributed by atoms with Crippen LogP contribution in [0, 0.1) is 13.8 Å². The van der Waals surface area contributed by atoms with E-state index in [9.17, 15) is 4.79 Å². The van der Waals surface area contributed by atoms with Crippen LogP contribution in [0.5, 0.6) is 0 Å². The quantitative estimate of drug-likeness (QED) is 0.258. The lowest BCUT2D eigenvalue weighted by Crippen LogP contribution is -2.27. The maximum atomic E-state index is 13.2. The minimum Gasteiger partial charge on any atom is -0.352 e. The van der Waals surface area contributed by atoms with Crippen LogP contribution in [0.25, 0.3) is 33.1 Å². The maximum absolute atomic E-state index is 13.2. The molecule has 5 nitrogen and oxygen atoms in total.